The third-order valence-electron chi connectivity index (χ3n) is 4.62. The summed E-state index contributed by atoms with van der Waals surface area (Å²) < 4.78 is 10.4. The molecule has 0 heterocycles. The minimum Gasteiger partial charge on any atom is -0.497 e. The highest BCUT2D eigenvalue weighted by Gasteiger charge is 2.27. The average molecular weight is 326 g/mol. The van der Waals surface area contributed by atoms with Gasteiger partial charge in [-0.2, -0.15) is 0 Å². The number of rotatable bonds is 8. The summed E-state index contributed by atoms with van der Waals surface area (Å²) in [5.74, 6) is 1.97. The molecule has 0 aliphatic heterocycles. The van der Waals surface area contributed by atoms with Gasteiger partial charge in [0.2, 0.25) is 0 Å². The predicted octanol–water partition coefficient (Wildman–Crippen LogP) is 5.11. The zero-order chi connectivity index (χ0) is 17.5. The number of benzene rings is 2. The summed E-state index contributed by atoms with van der Waals surface area (Å²) in [5, 5.41) is 0. The minimum absolute atomic E-state index is 0.0308. The molecule has 24 heavy (non-hydrogen) atoms. The van der Waals surface area contributed by atoms with Crippen LogP contribution in [0.15, 0.2) is 48.5 Å². The standard InChI is InChI=1S/C21H26O3/c1-5-19(15-7-11-17(23-3)12-8-15)20(6-2)21(22)16-9-13-18(24-4)14-10-16/h7-14,19-20H,5-6H2,1-4H3/t19-,20+/m0/s1. The van der Waals surface area contributed by atoms with E-state index in [2.05, 4.69) is 26.0 Å². The molecule has 0 bridgehead atoms. The molecule has 0 aliphatic rings. The van der Waals surface area contributed by atoms with Crippen molar-refractivity contribution in [1.29, 1.82) is 0 Å². The molecule has 2 aromatic carbocycles. The number of carbonyl (C=O) groups excluding carboxylic acids is 1. The van der Waals surface area contributed by atoms with Gasteiger partial charge in [-0.15, -0.1) is 0 Å². The third kappa shape index (κ3) is 3.97. The van der Waals surface area contributed by atoms with E-state index in [4.69, 9.17) is 9.47 Å². The van der Waals surface area contributed by atoms with Crippen molar-refractivity contribution in [3.63, 3.8) is 0 Å². The van der Waals surface area contributed by atoms with Gasteiger partial charge in [0.15, 0.2) is 5.78 Å². The monoisotopic (exact) mass is 326 g/mol. The van der Waals surface area contributed by atoms with Gasteiger partial charge in [-0.05, 0) is 60.7 Å². The van der Waals surface area contributed by atoms with E-state index in [0.717, 1.165) is 29.9 Å². The Morgan fingerprint density at radius 1 is 0.833 bits per heavy atom. The molecule has 0 radical (unpaired) electrons. The fourth-order valence-corrected chi connectivity index (χ4v) is 3.23. The molecule has 3 heteroatoms. The average Bonchev–Trinajstić information content (AvgIpc) is 2.65. The molecule has 128 valence electrons. The highest BCUT2D eigenvalue weighted by molar-refractivity contribution is 5.98. The Hall–Kier alpha value is -2.29. The van der Waals surface area contributed by atoms with Crippen LogP contribution in [-0.2, 0) is 0 Å². The summed E-state index contributed by atoms with van der Waals surface area (Å²) in [7, 11) is 3.29. The van der Waals surface area contributed by atoms with Crippen LogP contribution in [0.4, 0.5) is 0 Å². The molecule has 0 saturated carbocycles. The summed E-state index contributed by atoms with van der Waals surface area (Å²) in [5.41, 5.74) is 1.93. The molecule has 0 amide bonds. The third-order valence-corrected chi connectivity index (χ3v) is 4.62. The summed E-state index contributed by atoms with van der Waals surface area (Å²) in [6, 6.07) is 15.4. The number of ether oxygens (including phenoxy) is 2. The van der Waals surface area contributed by atoms with Gasteiger partial charge in [-0.25, -0.2) is 0 Å². The minimum atomic E-state index is -0.0308. The molecule has 2 atom stereocenters. The zero-order valence-electron chi connectivity index (χ0n) is 14.9. The maximum Gasteiger partial charge on any atom is 0.166 e. The van der Waals surface area contributed by atoms with E-state index in [1.807, 2.05) is 36.4 Å². The molecule has 0 N–H and O–H groups in total. The number of Topliss-reactive ketones (excluding diaryl/α,β-unsaturated/α-hetero) is 1. The van der Waals surface area contributed by atoms with Crippen LogP contribution in [-0.4, -0.2) is 20.0 Å². The summed E-state index contributed by atoms with van der Waals surface area (Å²) in [6.07, 6.45) is 1.74. The summed E-state index contributed by atoms with van der Waals surface area (Å²) in [4.78, 5) is 13.0. The number of carbonyl (C=O) groups is 1. The first kappa shape index (κ1) is 18.1. The molecular formula is C21H26O3. The van der Waals surface area contributed by atoms with Crippen molar-refractivity contribution >= 4 is 5.78 Å². The van der Waals surface area contributed by atoms with Crippen LogP contribution in [0.25, 0.3) is 0 Å². The van der Waals surface area contributed by atoms with Crippen LogP contribution >= 0.6 is 0 Å². The summed E-state index contributed by atoms with van der Waals surface area (Å²) >= 11 is 0. The lowest BCUT2D eigenvalue weighted by atomic mass is 9.78. The second-order valence-corrected chi connectivity index (χ2v) is 5.90. The fraction of sp³-hybridized carbons (Fsp3) is 0.381. The van der Waals surface area contributed by atoms with E-state index in [0.29, 0.717) is 0 Å². The predicted molar refractivity (Wildman–Crippen MR) is 97.1 cm³/mol. The van der Waals surface area contributed by atoms with Gasteiger partial charge >= 0.3 is 0 Å². The molecule has 2 aromatic rings. The molecule has 0 saturated heterocycles. The molecule has 2 rings (SSSR count). The smallest absolute Gasteiger partial charge is 0.166 e. The largest absolute Gasteiger partial charge is 0.497 e. The van der Waals surface area contributed by atoms with Crippen LogP contribution in [0, 0.1) is 5.92 Å². The van der Waals surface area contributed by atoms with Crippen LogP contribution in [0.3, 0.4) is 0 Å². The highest BCUT2D eigenvalue weighted by Crippen LogP contribution is 2.34. The van der Waals surface area contributed by atoms with Gasteiger partial charge in [0.05, 0.1) is 14.2 Å². The highest BCUT2D eigenvalue weighted by atomic mass is 16.5. The van der Waals surface area contributed by atoms with Crippen molar-refractivity contribution in [3.05, 3.63) is 59.7 Å². The van der Waals surface area contributed by atoms with E-state index in [9.17, 15) is 4.79 Å². The van der Waals surface area contributed by atoms with Gasteiger partial charge in [-0.1, -0.05) is 26.0 Å². The van der Waals surface area contributed by atoms with Gasteiger partial charge in [0, 0.05) is 11.5 Å². The first-order chi connectivity index (χ1) is 11.6. The Labute approximate surface area is 144 Å². The SMILES string of the molecule is CC[C@@H](C(=O)c1ccc(OC)cc1)[C@@H](CC)c1ccc(OC)cc1. The van der Waals surface area contributed by atoms with Gasteiger partial charge in [0.25, 0.3) is 0 Å². The Morgan fingerprint density at radius 3 is 1.75 bits per heavy atom. The molecule has 3 nitrogen and oxygen atoms in total. The van der Waals surface area contributed by atoms with Crippen LogP contribution in [0.1, 0.15) is 48.5 Å². The molecular weight excluding hydrogens is 300 g/mol. The van der Waals surface area contributed by atoms with Gasteiger partial charge < -0.3 is 9.47 Å². The Balaban J connectivity index is 2.26. The van der Waals surface area contributed by atoms with Crippen LogP contribution in [0.5, 0.6) is 11.5 Å². The molecule has 0 aromatic heterocycles. The van der Waals surface area contributed by atoms with Crippen molar-refractivity contribution in [2.24, 2.45) is 5.92 Å². The van der Waals surface area contributed by atoms with Crippen molar-refractivity contribution in [2.45, 2.75) is 32.6 Å². The van der Waals surface area contributed by atoms with Gasteiger partial charge in [-0.3, -0.25) is 4.79 Å². The quantitative estimate of drug-likeness (QED) is 0.633. The van der Waals surface area contributed by atoms with Crippen molar-refractivity contribution in [3.8, 4) is 11.5 Å². The van der Waals surface area contributed by atoms with Crippen LogP contribution < -0.4 is 9.47 Å². The second-order valence-electron chi connectivity index (χ2n) is 5.90. The van der Waals surface area contributed by atoms with E-state index >= 15 is 0 Å². The molecule has 0 spiro atoms. The van der Waals surface area contributed by atoms with Gasteiger partial charge in [0.1, 0.15) is 11.5 Å². The van der Waals surface area contributed by atoms with E-state index in [-0.39, 0.29) is 17.6 Å². The van der Waals surface area contributed by atoms with E-state index in [1.54, 1.807) is 14.2 Å². The Morgan fingerprint density at radius 2 is 1.33 bits per heavy atom. The second kappa shape index (κ2) is 8.53. The lowest BCUT2D eigenvalue weighted by molar-refractivity contribution is 0.0893. The van der Waals surface area contributed by atoms with Crippen molar-refractivity contribution in [1.82, 2.24) is 0 Å². The first-order valence-corrected chi connectivity index (χ1v) is 8.46. The fourth-order valence-electron chi connectivity index (χ4n) is 3.23. The van der Waals surface area contributed by atoms with E-state index < -0.39 is 0 Å². The molecule has 0 aliphatic carbocycles. The number of methoxy groups -OCH3 is 2. The zero-order valence-corrected chi connectivity index (χ0v) is 14.9. The van der Waals surface area contributed by atoms with E-state index in [1.165, 1.54) is 5.56 Å². The normalized spacial score (nSPS) is 13.2. The molecule has 0 fully saturated rings. The topological polar surface area (TPSA) is 35.5 Å². The Kier molecular flexibility index (Phi) is 6.42. The number of hydrogen-bond donors (Lipinski definition) is 0. The summed E-state index contributed by atoms with van der Waals surface area (Å²) in [6.45, 7) is 4.22. The maximum absolute atomic E-state index is 13.0. The first-order valence-electron chi connectivity index (χ1n) is 8.46. The van der Waals surface area contributed by atoms with Crippen molar-refractivity contribution < 1.29 is 14.3 Å². The number of ketones is 1. The lowest BCUT2D eigenvalue weighted by Crippen LogP contribution is -2.22. The maximum atomic E-state index is 13.0. The molecule has 0 unspecified atom stereocenters. The Bertz CT molecular complexity index is 644. The number of hydrogen-bond acceptors (Lipinski definition) is 3. The van der Waals surface area contributed by atoms with Crippen LogP contribution in [0.2, 0.25) is 0 Å². The lowest BCUT2D eigenvalue weighted by Gasteiger charge is -2.25. The van der Waals surface area contributed by atoms with Crippen molar-refractivity contribution in [2.75, 3.05) is 14.2 Å².